The van der Waals surface area contributed by atoms with E-state index in [1.54, 1.807) is 18.1 Å². The third kappa shape index (κ3) is 3.40. The van der Waals surface area contributed by atoms with Crippen molar-refractivity contribution in [2.24, 2.45) is 5.92 Å². The number of anilines is 2. The number of nitrogens with zero attached hydrogens (tertiary/aromatic N) is 1. The third-order valence-electron chi connectivity index (χ3n) is 6.62. The number of rotatable bonds is 4. The maximum Gasteiger partial charge on any atom is 0.258 e. The predicted molar refractivity (Wildman–Crippen MR) is 127 cm³/mol. The van der Waals surface area contributed by atoms with Crippen molar-refractivity contribution in [3.8, 4) is 11.5 Å². The van der Waals surface area contributed by atoms with Crippen LogP contribution in [0.5, 0.6) is 11.5 Å². The van der Waals surface area contributed by atoms with Crippen LogP contribution in [0.15, 0.2) is 78.9 Å². The van der Waals surface area contributed by atoms with Crippen LogP contribution in [0, 0.1) is 5.92 Å². The van der Waals surface area contributed by atoms with Crippen molar-refractivity contribution < 1.29 is 14.6 Å². The fourth-order valence-electron chi connectivity index (χ4n) is 4.91. The molecule has 0 saturated heterocycles. The standard InChI is InChI=1S/C27H26N2O3/c1-29(19-7-4-3-5-8-19)27(31)18-11-13-23-22(15-18)20-9-6-10-21(20)26(28-23)17-12-14-24(30)25(16-17)32-2/h3-9,11-16,20-21,26,28,30H,10H2,1-2H3. The van der Waals surface area contributed by atoms with E-state index < -0.39 is 0 Å². The monoisotopic (exact) mass is 426 g/mol. The van der Waals surface area contributed by atoms with Gasteiger partial charge in [0, 0.05) is 29.9 Å². The second-order valence-electron chi connectivity index (χ2n) is 8.41. The zero-order chi connectivity index (χ0) is 22.2. The Balaban J connectivity index is 1.48. The van der Waals surface area contributed by atoms with Crippen LogP contribution in [0.25, 0.3) is 0 Å². The lowest BCUT2D eigenvalue weighted by atomic mass is 9.76. The summed E-state index contributed by atoms with van der Waals surface area (Å²) >= 11 is 0. The number of benzene rings is 3. The molecule has 0 radical (unpaired) electrons. The summed E-state index contributed by atoms with van der Waals surface area (Å²) in [5.41, 5.74) is 4.81. The molecule has 1 aliphatic heterocycles. The first-order valence-electron chi connectivity index (χ1n) is 10.8. The Hall–Kier alpha value is -3.73. The highest BCUT2D eigenvalue weighted by atomic mass is 16.5. The van der Waals surface area contributed by atoms with Crippen LogP contribution in [0.4, 0.5) is 11.4 Å². The zero-order valence-corrected chi connectivity index (χ0v) is 18.2. The van der Waals surface area contributed by atoms with E-state index in [2.05, 4.69) is 17.5 Å². The van der Waals surface area contributed by atoms with E-state index in [0.29, 0.717) is 17.2 Å². The van der Waals surface area contributed by atoms with Gasteiger partial charge in [-0.2, -0.15) is 0 Å². The van der Waals surface area contributed by atoms with Crippen LogP contribution < -0.4 is 15.0 Å². The molecule has 3 aromatic carbocycles. The summed E-state index contributed by atoms with van der Waals surface area (Å²) in [6, 6.07) is 21.2. The number of hydrogen-bond acceptors (Lipinski definition) is 4. The lowest BCUT2D eigenvalue weighted by Gasteiger charge is -2.38. The first kappa shape index (κ1) is 20.2. The molecule has 5 nitrogen and oxygen atoms in total. The number of amides is 1. The van der Waals surface area contributed by atoms with Gasteiger partial charge < -0.3 is 20.1 Å². The van der Waals surface area contributed by atoms with Crippen LogP contribution in [-0.4, -0.2) is 25.2 Å². The third-order valence-corrected chi connectivity index (χ3v) is 6.62. The molecule has 3 atom stereocenters. The van der Waals surface area contributed by atoms with E-state index in [4.69, 9.17) is 4.74 Å². The first-order chi connectivity index (χ1) is 15.6. The number of carbonyl (C=O) groups is 1. The molecule has 1 heterocycles. The van der Waals surface area contributed by atoms with Gasteiger partial charge in [0.25, 0.3) is 5.91 Å². The average Bonchev–Trinajstić information content (AvgIpc) is 3.33. The number of para-hydroxylation sites is 1. The minimum Gasteiger partial charge on any atom is -0.504 e. The first-order valence-corrected chi connectivity index (χ1v) is 10.8. The van der Waals surface area contributed by atoms with E-state index >= 15 is 0 Å². The number of hydrogen-bond donors (Lipinski definition) is 2. The van der Waals surface area contributed by atoms with E-state index in [0.717, 1.165) is 28.9 Å². The van der Waals surface area contributed by atoms with Crippen LogP contribution in [0.3, 0.4) is 0 Å². The average molecular weight is 427 g/mol. The van der Waals surface area contributed by atoms with Crippen molar-refractivity contribution in [1.29, 1.82) is 0 Å². The van der Waals surface area contributed by atoms with Crippen molar-refractivity contribution in [3.05, 3.63) is 95.6 Å². The Morgan fingerprint density at radius 3 is 2.69 bits per heavy atom. The number of aromatic hydroxyl groups is 1. The van der Waals surface area contributed by atoms with E-state index in [1.807, 2.05) is 67.7 Å². The molecular weight excluding hydrogens is 400 g/mol. The topological polar surface area (TPSA) is 61.8 Å². The summed E-state index contributed by atoms with van der Waals surface area (Å²) in [5.74, 6) is 1.14. The van der Waals surface area contributed by atoms with Crippen molar-refractivity contribution in [2.45, 2.75) is 18.4 Å². The number of phenolic OH excluding ortho intramolecular Hbond substituents is 1. The van der Waals surface area contributed by atoms with Gasteiger partial charge in [-0.3, -0.25) is 4.79 Å². The Bertz CT molecular complexity index is 1190. The Morgan fingerprint density at radius 1 is 1.09 bits per heavy atom. The minimum absolute atomic E-state index is 0.0251. The van der Waals surface area contributed by atoms with Gasteiger partial charge in [0.05, 0.1) is 13.2 Å². The molecule has 0 spiro atoms. The number of phenols is 1. The summed E-state index contributed by atoms with van der Waals surface area (Å²) < 4.78 is 5.32. The van der Waals surface area contributed by atoms with Gasteiger partial charge in [-0.05, 0) is 65.9 Å². The number of fused-ring (bicyclic) bond motifs is 3. The Kier molecular flexibility index (Phi) is 5.10. The molecular formula is C27H26N2O3. The number of carbonyl (C=O) groups excluding carboxylic acids is 1. The molecule has 32 heavy (non-hydrogen) atoms. The molecule has 1 amide bonds. The number of nitrogens with one attached hydrogen (secondary N) is 1. The lowest BCUT2D eigenvalue weighted by molar-refractivity contribution is 0.0993. The molecule has 0 bridgehead atoms. The van der Waals surface area contributed by atoms with Crippen LogP contribution >= 0.6 is 0 Å². The van der Waals surface area contributed by atoms with Gasteiger partial charge in [-0.25, -0.2) is 0 Å². The fraction of sp³-hybridized carbons (Fsp3) is 0.222. The zero-order valence-electron chi connectivity index (χ0n) is 18.2. The van der Waals surface area contributed by atoms with E-state index in [9.17, 15) is 9.90 Å². The molecule has 5 heteroatoms. The maximum atomic E-state index is 13.2. The molecule has 0 fully saturated rings. The molecule has 3 unspecified atom stereocenters. The summed E-state index contributed by atoms with van der Waals surface area (Å²) in [5, 5.41) is 13.7. The highest BCUT2D eigenvalue weighted by Gasteiger charge is 2.38. The van der Waals surface area contributed by atoms with Crippen LogP contribution in [-0.2, 0) is 0 Å². The van der Waals surface area contributed by atoms with Crippen molar-refractivity contribution in [3.63, 3.8) is 0 Å². The fourth-order valence-corrected chi connectivity index (χ4v) is 4.91. The van der Waals surface area contributed by atoms with Gasteiger partial charge in [0.1, 0.15) is 0 Å². The minimum atomic E-state index is -0.0251. The van der Waals surface area contributed by atoms with Crippen molar-refractivity contribution in [1.82, 2.24) is 0 Å². The van der Waals surface area contributed by atoms with E-state index in [1.165, 1.54) is 0 Å². The number of allylic oxidation sites excluding steroid dienone is 2. The Morgan fingerprint density at radius 2 is 1.91 bits per heavy atom. The van der Waals surface area contributed by atoms with Gasteiger partial charge in [0.15, 0.2) is 11.5 Å². The maximum absolute atomic E-state index is 13.2. The molecule has 0 saturated carbocycles. The summed E-state index contributed by atoms with van der Waals surface area (Å²) in [4.78, 5) is 14.8. The van der Waals surface area contributed by atoms with Crippen molar-refractivity contribution >= 4 is 17.3 Å². The smallest absolute Gasteiger partial charge is 0.258 e. The molecule has 2 N–H and O–H groups in total. The SMILES string of the molecule is COc1cc(C2Nc3ccc(C(=O)N(C)c4ccccc4)cc3C3C=CCC32)ccc1O. The van der Waals surface area contributed by atoms with Crippen LogP contribution in [0.1, 0.15) is 39.9 Å². The highest BCUT2D eigenvalue weighted by Crippen LogP contribution is 2.50. The van der Waals surface area contributed by atoms with Gasteiger partial charge in [0.2, 0.25) is 0 Å². The summed E-state index contributed by atoms with van der Waals surface area (Å²) in [7, 11) is 3.37. The normalized spacial score (nSPS) is 20.8. The molecule has 3 aromatic rings. The summed E-state index contributed by atoms with van der Waals surface area (Å²) in [6.07, 6.45) is 5.43. The predicted octanol–water partition coefficient (Wildman–Crippen LogP) is 5.50. The van der Waals surface area contributed by atoms with Gasteiger partial charge >= 0.3 is 0 Å². The second kappa shape index (κ2) is 8.08. The van der Waals surface area contributed by atoms with Crippen molar-refractivity contribution in [2.75, 3.05) is 24.4 Å². The molecule has 5 rings (SSSR count). The van der Waals surface area contributed by atoms with Gasteiger partial charge in [-0.1, -0.05) is 36.4 Å². The van der Waals surface area contributed by atoms with E-state index in [-0.39, 0.29) is 23.6 Å². The molecule has 162 valence electrons. The number of methoxy groups -OCH3 is 1. The Labute approximate surface area is 188 Å². The van der Waals surface area contributed by atoms with Gasteiger partial charge in [-0.15, -0.1) is 0 Å². The number of ether oxygens (including phenoxy) is 1. The lowest BCUT2D eigenvalue weighted by Crippen LogP contribution is -2.30. The largest absolute Gasteiger partial charge is 0.504 e. The quantitative estimate of drug-likeness (QED) is 0.541. The summed E-state index contributed by atoms with van der Waals surface area (Å²) in [6.45, 7) is 0. The second-order valence-corrected chi connectivity index (χ2v) is 8.41. The highest BCUT2D eigenvalue weighted by molar-refractivity contribution is 6.06. The molecule has 2 aliphatic rings. The van der Waals surface area contributed by atoms with Crippen LogP contribution in [0.2, 0.25) is 0 Å². The molecule has 0 aromatic heterocycles. The molecule has 1 aliphatic carbocycles.